The Bertz CT molecular complexity index is 2710. The predicted octanol–water partition coefficient (Wildman–Crippen LogP) is 4.39. The molecule has 1 saturated heterocycles. The largest absolute Gasteiger partial charge is 0.354 e. The number of carbonyl (C=O) groups excluding carboxylic acids is 7. The Morgan fingerprint density at radius 3 is 2.28 bits per heavy atom. The molecule has 348 valence electrons. The maximum atomic E-state index is 14.1. The van der Waals surface area contributed by atoms with Crippen LogP contribution in [0.3, 0.4) is 0 Å². The van der Waals surface area contributed by atoms with Gasteiger partial charge in [0, 0.05) is 87.1 Å². The molecule has 67 heavy (non-hydrogen) atoms. The monoisotopic (exact) mass is 912 g/mol. The number of carbonyl (C=O) groups is 7. The van der Waals surface area contributed by atoms with Crippen molar-refractivity contribution in [3.05, 3.63) is 107 Å². The molecular formula is C48H52N10O9. The summed E-state index contributed by atoms with van der Waals surface area (Å²) >= 11 is 0. The summed E-state index contributed by atoms with van der Waals surface area (Å²) in [4.78, 5) is 117. The summed E-state index contributed by atoms with van der Waals surface area (Å²) in [6, 6.07) is 18.1. The van der Waals surface area contributed by atoms with Crippen LogP contribution in [0.2, 0.25) is 0 Å². The van der Waals surface area contributed by atoms with Gasteiger partial charge in [0.25, 0.3) is 17.4 Å². The Morgan fingerprint density at radius 2 is 1.54 bits per heavy atom. The van der Waals surface area contributed by atoms with E-state index in [9.17, 15) is 38.4 Å². The number of anilines is 1. The van der Waals surface area contributed by atoms with Gasteiger partial charge in [0.1, 0.15) is 12.1 Å². The Kier molecular flexibility index (Phi) is 15.1. The first kappa shape index (κ1) is 47.1. The minimum absolute atomic E-state index is 0.0309. The number of aromatic nitrogens is 4. The molecule has 0 unspecified atom stereocenters. The molecule has 2 aromatic carbocycles. The number of urea groups is 1. The normalized spacial score (nSPS) is 14.1. The van der Waals surface area contributed by atoms with Gasteiger partial charge >= 0.3 is 12.0 Å². The number of pyridine rings is 2. The number of rotatable bonds is 18. The number of hydrogen-bond donors (Lipinski definition) is 4. The molecule has 0 spiro atoms. The Hall–Kier alpha value is -7.83. The molecule has 2 atom stereocenters. The number of fused-ring (bicyclic) bond motifs is 2. The van der Waals surface area contributed by atoms with Crippen LogP contribution in [0.1, 0.15) is 76.8 Å². The summed E-state index contributed by atoms with van der Waals surface area (Å²) < 4.78 is 1.42. The van der Waals surface area contributed by atoms with Crippen molar-refractivity contribution in [1.29, 1.82) is 0 Å². The average Bonchev–Trinajstić information content (AvgIpc) is 3.90. The molecule has 0 radical (unpaired) electrons. The lowest BCUT2D eigenvalue weighted by Gasteiger charge is -2.24. The lowest BCUT2D eigenvalue weighted by atomic mass is 10.00. The second kappa shape index (κ2) is 21.4. The third-order valence-corrected chi connectivity index (χ3v) is 11.5. The lowest BCUT2D eigenvalue weighted by Crippen LogP contribution is -2.54. The molecule has 4 N–H and O–H groups in total. The van der Waals surface area contributed by atoms with E-state index in [1.807, 2.05) is 48.5 Å². The smallest absolute Gasteiger partial charge is 0.333 e. The highest BCUT2D eigenvalue weighted by molar-refractivity contribution is 6.01. The second-order valence-corrected chi connectivity index (χ2v) is 16.8. The SMILES string of the molecule is CC(C)[C@H](NC(=O)CCCC(=O)ON1C(=O)CCC1=O)C(=O)N[C@@H](C)C(=O)NCCCCn1nc(-c2ccc(NC(=O)N3Cc4ccncc4C3)cc2)cc(-c2cccc3ncccc23)c1=O. The predicted molar refractivity (Wildman–Crippen MR) is 245 cm³/mol. The van der Waals surface area contributed by atoms with Crippen molar-refractivity contribution in [2.45, 2.75) is 97.4 Å². The molecular weight excluding hydrogens is 861 g/mol. The van der Waals surface area contributed by atoms with Crippen LogP contribution in [0.4, 0.5) is 10.5 Å². The fourth-order valence-corrected chi connectivity index (χ4v) is 7.75. The summed E-state index contributed by atoms with van der Waals surface area (Å²) in [5.74, 6) is -3.88. The molecule has 0 bridgehead atoms. The van der Waals surface area contributed by atoms with Crippen molar-refractivity contribution in [3.8, 4) is 22.4 Å². The van der Waals surface area contributed by atoms with Crippen molar-refractivity contribution >= 4 is 58.1 Å². The molecule has 2 aliphatic heterocycles. The van der Waals surface area contributed by atoms with Gasteiger partial charge in [0.2, 0.25) is 17.7 Å². The summed E-state index contributed by atoms with van der Waals surface area (Å²) in [5, 5.41) is 17.1. The highest BCUT2D eigenvalue weighted by Crippen LogP contribution is 2.29. The second-order valence-electron chi connectivity index (χ2n) is 16.8. The number of benzene rings is 2. The van der Waals surface area contributed by atoms with E-state index in [-0.39, 0.29) is 62.7 Å². The van der Waals surface area contributed by atoms with Crippen molar-refractivity contribution in [3.63, 3.8) is 0 Å². The lowest BCUT2D eigenvalue weighted by molar-refractivity contribution is -0.197. The van der Waals surface area contributed by atoms with E-state index < -0.39 is 47.6 Å². The minimum Gasteiger partial charge on any atom is -0.354 e. The quantitative estimate of drug-likeness (QED) is 0.0707. The third kappa shape index (κ3) is 11.7. The average molecular weight is 913 g/mol. The van der Waals surface area contributed by atoms with Crippen LogP contribution in [-0.2, 0) is 53.2 Å². The van der Waals surface area contributed by atoms with Crippen molar-refractivity contribution in [2.24, 2.45) is 5.92 Å². The first-order chi connectivity index (χ1) is 32.2. The van der Waals surface area contributed by atoms with E-state index in [0.717, 1.165) is 27.6 Å². The van der Waals surface area contributed by atoms with Crippen LogP contribution in [0, 0.1) is 5.92 Å². The van der Waals surface area contributed by atoms with Gasteiger partial charge in [0.15, 0.2) is 0 Å². The number of hydrogen-bond acceptors (Lipinski definition) is 12. The van der Waals surface area contributed by atoms with Gasteiger partial charge in [-0.25, -0.2) is 14.3 Å². The van der Waals surface area contributed by atoms with Gasteiger partial charge < -0.3 is 31.0 Å². The first-order valence-electron chi connectivity index (χ1n) is 22.2. The van der Waals surface area contributed by atoms with Crippen LogP contribution in [0.5, 0.6) is 0 Å². The highest BCUT2D eigenvalue weighted by Gasteiger charge is 2.33. The van der Waals surface area contributed by atoms with Crippen LogP contribution < -0.4 is 26.8 Å². The number of amides is 7. The summed E-state index contributed by atoms with van der Waals surface area (Å²) in [7, 11) is 0. The van der Waals surface area contributed by atoms with Gasteiger partial charge in [-0.3, -0.25) is 38.7 Å². The molecule has 7 amide bonds. The van der Waals surface area contributed by atoms with Crippen LogP contribution in [0.15, 0.2) is 90.1 Å². The molecule has 5 aromatic rings. The third-order valence-electron chi connectivity index (χ3n) is 11.5. The Morgan fingerprint density at radius 1 is 0.776 bits per heavy atom. The number of aryl methyl sites for hydroxylation is 1. The van der Waals surface area contributed by atoms with E-state index in [4.69, 9.17) is 9.94 Å². The van der Waals surface area contributed by atoms with Crippen molar-refractivity contribution < 1.29 is 38.4 Å². The van der Waals surface area contributed by atoms with Crippen LogP contribution in [-0.4, -0.2) is 89.9 Å². The van der Waals surface area contributed by atoms with E-state index >= 15 is 0 Å². The van der Waals surface area contributed by atoms with Crippen LogP contribution >= 0.6 is 0 Å². The van der Waals surface area contributed by atoms with Gasteiger partial charge in [-0.15, -0.1) is 5.06 Å². The van der Waals surface area contributed by atoms with E-state index in [1.54, 1.807) is 55.5 Å². The number of nitrogens with zero attached hydrogens (tertiary/aromatic N) is 6. The molecule has 0 saturated carbocycles. The molecule has 0 aliphatic carbocycles. The zero-order valence-electron chi connectivity index (χ0n) is 37.5. The van der Waals surface area contributed by atoms with Crippen LogP contribution in [0.25, 0.3) is 33.3 Å². The number of hydroxylamine groups is 2. The maximum Gasteiger partial charge on any atom is 0.333 e. The first-order valence-corrected chi connectivity index (χ1v) is 22.2. The maximum absolute atomic E-state index is 14.1. The molecule has 5 heterocycles. The zero-order chi connectivity index (χ0) is 47.6. The van der Waals surface area contributed by atoms with Crippen molar-refractivity contribution in [1.82, 2.24) is 45.7 Å². The molecule has 7 rings (SSSR count). The van der Waals surface area contributed by atoms with Crippen molar-refractivity contribution in [2.75, 3.05) is 11.9 Å². The zero-order valence-corrected chi connectivity index (χ0v) is 37.5. The number of imide groups is 1. The fourth-order valence-electron chi connectivity index (χ4n) is 7.75. The van der Waals surface area contributed by atoms with Gasteiger partial charge in [-0.1, -0.05) is 44.2 Å². The molecule has 19 nitrogen and oxygen atoms in total. The molecule has 3 aromatic heterocycles. The Labute approximate surface area is 385 Å². The molecule has 2 aliphatic rings. The van der Waals surface area contributed by atoms with E-state index in [2.05, 4.69) is 31.2 Å². The van der Waals surface area contributed by atoms with Gasteiger partial charge in [-0.05, 0) is 85.2 Å². The highest BCUT2D eigenvalue weighted by atomic mass is 16.7. The summed E-state index contributed by atoms with van der Waals surface area (Å²) in [6.45, 7) is 6.45. The Balaban J connectivity index is 0.926. The van der Waals surface area contributed by atoms with E-state index in [1.165, 1.54) is 11.6 Å². The summed E-state index contributed by atoms with van der Waals surface area (Å²) in [6.07, 6.45) is 5.78. The topological polar surface area (TPSA) is 244 Å². The minimum atomic E-state index is -0.970. The fraction of sp³-hybridized carbons (Fsp3) is 0.354. The van der Waals surface area contributed by atoms with Gasteiger partial charge in [-0.2, -0.15) is 5.10 Å². The molecule has 19 heteroatoms. The standard InChI is InChI=1S/C48H52N10O9/c1-29(2)44(54-40(59)12-7-13-43(62)67-58-41(60)18-19-42(58)61)46(64)52-30(3)45(63)51-21-4-5-24-57-47(65)37(35-9-6-11-38-36(35)10-8-22-50-38)25-39(55-57)31-14-16-34(17-15-31)53-48(66)56-27-32-20-23-49-26-33(32)28-56/h6,8-11,14-17,20,22-23,25-26,29-30,44H,4-5,7,12-13,18-19,21,24,27-28H2,1-3H3,(H,51,63)(H,52,64)(H,53,66)(H,54,59)/t30-,44-/m0/s1. The van der Waals surface area contributed by atoms with E-state index in [0.29, 0.717) is 53.5 Å². The van der Waals surface area contributed by atoms with Gasteiger partial charge in [0.05, 0.1) is 16.8 Å². The number of nitrogens with one attached hydrogen (secondary N) is 4. The molecule has 1 fully saturated rings. The summed E-state index contributed by atoms with van der Waals surface area (Å²) in [5.41, 5.74) is 5.53. The number of unbranched alkanes of at least 4 members (excludes halogenated alkanes) is 1.